The number of nitrogens with two attached hydrogens (primary N) is 1. The zero-order valence-corrected chi connectivity index (χ0v) is 16.5. The molecule has 4 rings (SSSR count). The maximum atomic E-state index is 12.9. The highest BCUT2D eigenvalue weighted by Crippen LogP contribution is 2.40. The lowest BCUT2D eigenvalue weighted by atomic mass is 9.88. The number of thiophene rings is 1. The van der Waals surface area contributed by atoms with E-state index in [1.54, 1.807) is 18.2 Å². The molecule has 1 aromatic heterocycles. The molecule has 0 fully saturated rings. The van der Waals surface area contributed by atoms with Crippen LogP contribution < -0.4 is 10.5 Å². The van der Waals surface area contributed by atoms with Crippen LogP contribution in [0.3, 0.4) is 0 Å². The monoisotopic (exact) mass is 400 g/mol. The molecule has 0 saturated heterocycles. The van der Waals surface area contributed by atoms with Gasteiger partial charge >= 0.3 is 0 Å². The highest BCUT2D eigenvalue weighted by molar-refractivity contribution is 7.93. The van der Waals surface area contributed by atoms with Gasteiger partial charge in [-0.1, -0.05) is 37.3 Å². The molecule has 5 nitrogen and oxygen atoms in total. The van der Waals surface area contributed by atoms with Crippen molar-refractivity contribution in [3.63, 3.8) is 0 Å². The molecule has 3 N–H and O–H groups in total. The Morgan fingerprint density at radius 3 is 2.67 bits per heavy atom. The van der Waals surface area contributed by atoms with Gasteiger partial charge in [0.05, 0.1) is 10.5 Å². The zero-order chi connectivity index (χ0) is 19.2. The minimum Gasteiger partial charge on any atom is -0.365 e. The van der Waals surface area contributed by atoms with Crippen LogP contribution in [-0.4, -0.2) is 14.3 Å². The first-order valence-electron chi connectivity index (χ1n) is 8.81. The second-order valence-corrected chi connectivity index (χ2v) is 9.82. The molecule has 27 heavy (non-hydrogen) atoms. The summed E-state index contributed by atoms with van der Waals surface area (Å²) in [6.07, 6.45) is 2.57. The molecule has 3 aromatic rings. The van der Waals surface area contributed by atoms with Crippen LogP contribution in [0.4, 0.5) is 5.00 Å². The van der Waals surface area contributed by atoms with Crippen LogP contribution in [0.15, 0.2) is 47.4 Å². The Bertz CT molecular complexity index is 1150. The van der Waals surface area contributed by atoms with E-state index < -0.39 is 15.9 Å². The number of carbonyl (C=O) groups excluding carboxylic acids is 1. The van der Waals surface area contributed by atoms with Crippen molar-refractivity contribution in [2.24, 2.45) is 11.7 Å². The first-order valence-corrected chi connectivity index (χ1v) is 11.1. The highest BCUT2D eigenvalue weighted by atomic mass is 32.2. The summed E-state index contributed by atoms with van der Waals surface area (Å²) in [5, 5.41) is 2.14. The quantitative estimate of drug-likeness (QED) is 0.695. The number of nitrogens with one attached hydrogen (secondary N) is 1. The molecule has 1 atom stereocenters. The lowest BCUT2D eigenvalue weighted by molar-refractivity contribution is 0.100. The third-order valence-electron chi connectivity index (χ3n) is 5.02. The van der Waals surface area contributed by atoms with Gasteiger partial charge in [-0.15, -0.1) is 11.3 Å². The fourth-order valence-electron chi connectivity index (χ4n) is 3.60. The third-order valence-corrected chi connectivity index (χ3v) is 7.66. The molecule has 0 spiro atoms. The van der Waals surface area contributed by atoms with Crippen molar-refractivity contribution in [1.29, 1.82) is 0 Å². The van der Waals surface area contributed by atoms with Crippen LogP contribution in [0.2, 0.25) is 0 Å². The van der Waals surface area contributed by atoms with E-state index in [1.165, 1.54) is 11.3 Å². The first kappa shape index (κ1) is 18.0. The number of amides is 1. The fraction of sp³-hybridized carbons (Fsp3) is 0.250. The maximum Gasteiger partial charge on any atom is 0.262 e. The smallest absolute Gasteiger partial charge is 0.262 e. The van der Waals surface area contributed by atoms with E-state index in [9.17, 15) is 13.2 Å². The van der Waals surface area contributed by atoms with Gasteiger partial charge in [-0.2, -0.15) is 0 Å². The van der Waals surface area contributed by atoms with E-state index in [4.69, 9.17) is 5.73 Å². The normalized spacial score (nSPS) is 16.9. The molecule has 0 bridgehead atoms. The molecule has 140 valence electrons. The number of primary amides is 1. The Balaban J connectivity index is 1.75. The summed E-state index contributed by atoms with van der Waals surface area (Å²) in [5.41, 5.74) is 6.81. The van der Waals surface area contributed by atoms with Crippen molar-refractivity contribution in [1.82, 2.24) is 0 Å². The predicted molar refractivity (Wildman–Crippen MR) is 109 cm³/mol. The Hall–Kier alpha value is -2.38. The molecule has 1 aliphatic rings. The highest BCUT2D eigenvalue weighted by Gasteiger charge is 2.28. The minimum absolute atomic E-state index is 0.163. The molecule has 0 saturated carbocycles. The number of rotatable bonds is 4. The van der Waals surface area contributed by atoms with Crippen LogP contribution in [0.1, 0.15) is 34.1 Å². The van der Waals surface area contributed by atoms with Crippen molar-refractivity contribution >= 4 is 43.0 Å². The number of anilines is 1. The van der Waals surface area contributed by atoms with Gasteiger partial charge in [0.15, 0.2) is 0 Å². The largest absolute Gasteiger partial charge is 0.365 e. The van der Waals surface area contributed by atoms with Gasteiger partial charge in [0, 0.05) is 4.88 Å². The van der Waals surface area contributed by atoms with Gasteiger partial charge in [-0.25, -0.2) is 8.42 Å². The maximum absolute atomic E-state index is 12.9. The molecular formula is C20H20N2O3S2. The molecule has 0 aliphatic heterocycles. The average molecular weight is 401 g/mol. The van der Waals surface area contributed by atoms with E-state index in [0.717, 1.165) is 40.5 Å². The van der Waals surface area contributed by atoms with Gasteiger partial charge in [-0.05, 0) is 53.6 Å². The molecular weight excluding hydrogens is 380 g/mol. The number of hydrogen-bond donors (Lipinski definition) is 2. The second-order valence-electron chi connectivity index (χ2n) is 7.03. The number of hydrogen-bond acceptors (Lipinski definition) is 4. The van der Waals surface area contributed by atoms with Crippen molar-refractivity contribution in [3.05, 3.63) is 58.5 Å². The lowest BCUT2D eigenvalue weighted by Gasteiger charge is -2.18. The number of carbonyl (C=O) groups is 1. The van der Waals surface area contributed by atoms with E-state index in [1.807, 2.05) is 24.3 Å². The first-order chi connectivity index (χ1) is 12.8. The predicted octanol–water partition coefficient (Wildman–Crippen LogP) is 3.93. The average Bonchev–Trinajstić information content (AvgIpc) is 2.97. The molecule has 0 radical (unpaired) electrons. The molecule has 1 heterocycles. The van der Waals surface area contributed by atoms with Crippen LogP contribution in [0.5, 0.6) is 0 Å². The summed E-state index contributed by atoms with van der Waals surface area (Å²) in [6, 6.07) is 12.6. The van der Waals surface area contributed by atoms with Crippen LogP contribution in [-0.2, 0) is 22.9 Å². The topological polar surface area (TPSA) is 89.3 Å². The molecule has 1 aliphatic carbocycles. The second kappa shape index (κ2) is 6.65. The minimum atomic E-state index is -3.82. The fourth-order valence-corrected chi connectivity index (χ4v) is 6.36. The lowest BCUT2D eigenvalue weighted by Crippen LogP contribution is -2.19. The summed E-state index contributed by atoms with van der Waals surface area (Å²) in [5.74, 6) is -0.0694. The molecule has 2 aromatic carbocycles. The standard InChI is InChI=1S/C20H20N2O3S2/c1-12-6-9-16-17(10-12)26-20(18(16)19(21)23)22-27(24,25)15-8-7-13-4-2-3-5-14(13)11-15/h2-5,7-8,11-12,22H,6,9-10H2,1H3,(H2,21,23)/t12-/m0/s1. The van der Waals surface area contributed by atoms with Crippen molar-refractivity contribution in [3.8, 4) is 0 Å². The van der Waals surface area contributed by atoms with Crippen molar-refractivity contribution in [2.45, 2.75) is 31.1 Å². The summed E-state index contributed by atoms with van der Waals surface area (Å²) in [7, 11) is -3.82. The van der Waals surface area contributed by atoms with E-state index in [2.05, 4.69) is 11.6 Å². The Morgan fingerprint density at radius 1 is 1.19 bits per heavy atom. The summed E-state index contributed by atoms with van der Waals surface area (Å²) in [4.78, 5) is 13.2. The van der Waals surface area contributed by atoms with Crippen molar-refractivity contribution in [2.75, 3.05) is 4.72 Å². The summed E-state index contributed by atoms with van der Waals surface area (Å²) >= 11 is 1.33. The van der Waals surface area contributed by atoms with Gasteiger partial charge in [0.2, 0.25) is 0 Å². The SMILES string of the molecule is C[C@H]1CCc2c(sc(NS(=O)(=O)c3ccc4ccccc4c3)c2C(N)=O)C1. The summed E-state index contributed by atoms with van der Waals surface area (Å²) < 4.78 is 28.5. The number of sulfonamides is 1. The van der Waals surface area contributed by atoms with E-state index >= 15 is 0 Å². The van der Waals surface area contributed by atoms with Gasteiger partial charge in [0.1, 0.15) is 5.00 Å². The van der Waals surface area contributed by atoms with Gasteiger partial charge in [-0.3, -0.25) is 9.52 Å². The Kier molecular flexibility index (Phi) is 4.44. The number of benzene rings is 2. The van der Waals surface area contributed by atoms with E-state index in [-0.39, 0.29) is 4.90 Å². The molecule has 0 unspecified atom stereocenters. The Morgan fingerprint density at radius 2 is 1.93 bits per heavy atom. The third kappa shape index (κ3) is 3.33. The molecule has 1 amide bonds. The van der Waals surface area contributed by atoms with Crippen LogP contribution in [0.25, 0.3) is 10.8 Å². The number of fused-ring (bicyclic) bond motifs is 2. The van der Waals surface area contributed by atoms with E-state index in [0.29, 0.717) is 16.5 Å². The van der Waals surface area contributed by atoms with Crippen molar-refractivity contribution < 1.29 is 13.2 Å². The van der Waals surface area contributed by atoms with Gasteiger partial charge < -0.3 is 5.73 Å². The van der Waals surface area contributed by atoms with Gasteiger partial charge in [0.25, 0.3) is 15.9 Å². The van der Waals surface area contributed by atoms with Crippen LogP contribution in [0, 0.1) is 5.92 Å². The zero-order valence-electron chi connectivity index (χ0n) is 14.9. The Labute approximate surface area is 162 Å². The molecule has 7 heteroatoms. The summed E-state index contributed by atoms with van der Waals surface area (Å²) in [6.45, 7) is 2.16. The van der Waals surface area contributed by atoms with Crippen LogP contribution >= 0.6 is 11.3 Å².